The van der Waals surface area contributed by atoms with Gasteiger partial charge < -0.3 is 10.1 Å². The second-order valence-electron chi connectivity index (χ2n) is 4.72. The molecule has 0 aliphatic rings. The summed E-state index contributed by atoms with van der Waals surface area (Å²) in [7, 11) is 0. The van der Waals surface area contributed by atoms with E-state index >= 15 is 0 Å². The second kappa shape index (κ2) is 5.54. The van der Waals surface area contributed by atoms with Gasteiger partial charge in [0.1, 0.15) is 0 Å². The van der Waals surface area contributed by atoms with Gasteiger partial charge in [-0.05, 0) is 29.3 Å². The maximum absolute atomic E-state index is 11.2. The molecule has 0 amide bonds. The van der Waals surface area contributed by atoms with Gasteiger partial charge in [0.15, 0.2) is 0 Å². The van der Waals surface area contributed by atoms with E-state index < -0.39 is 5.97 Å². The van der Waals surface area contributed by atoms with E-state index in [1.165, 1.54) is 0 Å². The van der Waals surface area contributed by atoms with Gasteiger partial charge in [0, 0.05) is 9.86 Å². The Labute approximate surface area is 134 Å². The van der Waals surface area contributed by atoms with Gasteiger partial charge in [-0.15, -0.1) is 0 Å². The van der Waals surface area contributed by atoms with Crippen molar-refractivity contribution in [1.82, 2.24) is 4.98 Å². The van der Waals surface area contributed by atoms with Gasteiger partial charge in [0.25, 0.3) is 0 Å². The first-order valence-corrected chi connectivity index (χ1v) is 7.50. The highest BCUT2D eigenvalue weighted by Gasteiger charge is 2.17. The summed E-state index contributed by atoms with van der Waals surface area (Å²) in [6.45, 7) is 0. The quantitative estimate of drug-likeness (QED) is 0.696. The fourth-order valence-corrected chi connectivity index (χ4v) is 2.92. The highest BCUT2D eigenvalue weighted by Crippen LogP contribution is 2.34. The average Bonchev–Trinajstić information content (AvgIpc) is 2.80. The van der Waals surface area contributed by atoms with Crippen molar-refractivity contribution in [1.29, 1.82) is 0 Å². The highest BCUT2D eigenvalue weighted by atomic mass is 79.9. The van der Waals surface area contributed by atoms with Crippen molar-refractivity contribution in [2.24, 2.45) is 0 Å². The zero-order valence-corrected chi connectivity index (χ0v) is 13.2. The van der Waals surface area contributed by atoms with Gasteiger partial charge >= 0.3 is 5.97 Å². The molecule has 0 saturated heterocycles. The SMILES string of the molecule is O=C(O)Cc1c(-c2ccc(Br)cc2)[nH]c2c(Cl)cccc12. The summed E-state index contributed by atoms with van der Waals surface area (Å²) >= 11 is 9.60. The summed E-state index contributed by atoms with van der Waals surface area (Å²) in [5.41, 5.74) is 3.25. The lowest BCUT2D eigenvalue weighted by molar-refractivity contribution is -0.136. The zero-order valence-electron chi connectivity index (χ0n) is 10.9. The van der Waals surface area contributed by atoms with Gasteiger partial charge in [-0.2, -0.15) is 0 Å². The van der Waals surface area contributed by atoms with Crippen molar-refractivity contribution in [2.45, 2.75) is 6.42 Å². The molecule has 21 heavy (non-hydrogen) atoms. The molecule has 5 heteroatoms. The lowest BCUT2D eigenvalue weighted by Gasteiger charge is -2.03. The Bertz CT molecular complexity index is 824. The van der Waals surface area contributed by atoms with Crippen LogP contribution in [-0.2, 0) is 11.2 Å². The summed E-state index contributed by atoms with van der Waals surface area (Å²) in [6.07, 6.45) is -0.0499. The molecule has 2 aromatic carbocycles. The fourth-order valence-electron chi connectivity index (χ4n) is 2.44. The molecule has 0 aliphatic carbocycles. The first-order chi connectivity index (χ1) is 10.1. The van der Waals surface area contributed by atoms with E-state index in [0.29, 0.717) is 5.02 Å². The van der Waals surface area contributed by atoms with Crippen LogP contribution in [0.5, 0.6) is 0 Å². The molecule has 3 rings (SSSR count). The van der Waals surface area contributed by atoms with E-state index in [4.69, 9.17) is 11.6 Å². The smallest absolute Gasteiger partial charge is 0.307 e. The van der Waals surface area contributed by atoms with Crippen molar-refractivity contribution >= 4 is 44.4 Å². The number of halogens is 2. The number of fused-ring (bicyclic) bond motifs is 1. The maximum atomic E-state index is 11.2. The van der Waals surface area contributed by atoms with Crippen molar-refractivity contribution in [3.63, 3.8) is 0 Å². The summed E-state index contributed by atoms with van der Waals surface area (Å²) < 4.78 is 0.972. The van der Waals surface area contributed by atoms with Crippen LogP contribution in [-0.4, -0.2) is 16.1 Å². The van der Waals surface area contributed by atoms with Crippen LogP contribution in [0.3, 0.4) is 0 Å². The van der Waals surface area contributed by atoms with Gasteiger partial charge in [-0.3, -0.25) is 4.79 Å². The van der Waals surface area contributed by atoms with Crippen LogP contribution in [0, 0.1) is 0 Å². The summed E-state index contributed by atoms with van der Waals surface area (Å²) in [4.78, 5) is 14.4. The lowest BCUT2D eigenvalue weighted by Crippen LogP contribution is -2.00. The van der Waals surface area contributed by atoms with E-state index in [0.717, 1.165) is 32.2 Å². The third-order valence-electron chi connectivity index (χ3n) is 3.35. The van der Waals surface area contributed by atoms with Crippen LogP contribution >= 0.6 is 27.5 Å². The largest absolute Gasteiger partial charge is 0.481 e. The Morgan fingerprint density at radius 3 is 2.57 bits per heavy atom. The van der Waals surface area contributed by atoms with Gasteiger partial charge in [0.2, 0.25) is 0 Å². The molecule has 1 aromatic heterocycles. The number of nitrogens with one attached hydrogen (secondary N) is 1. The predicted molar refractivity (Wildman–Crippen MR) is 87.8 cm³/mol. The normalized spacial score (nSPS) is 11.0. The molecule has 106 valence electrons. The molecule has 0 spiro atoms. The number of aromatic amines is 1. The monoisotopic (exact) mass is 363 g/mol. The van der Waals surface area contributed by atoms with Crippen LogP contribution in [0.4, 0.5) is 0 Å². The highest BCUT2D eigenvalue weighted by molar-refractivity contribution is 9.10. The molecule has 0 bridgehead atoms. The van der Waals surface area contributed by atoms with Crippen molar-refractivity contribution < 1.29 is 9.90 Å². The molecule has 3 nitrogen and oxygen atoms in total. The average molecular weight is 365 g/mol. The molecule has 0 fully saturated rings. The minimum atomic E-state index is -0.866. The summed E-state index contributed by atoms with van der Waals surface area (Å²) in [6, 6.07) is 13.2. The van der Waals surface area contributed by atoms with Crippen LogP contribution < -0.4 is 0 Å². The van der Waals surface area contributed by atoms with Crippen LogP contribution in [0.25, 0.3) is 22.2 Å². The molecule has 0 aliphatic heterocycles. The third-order valence-corrected chi connectivity index (χ3v) is 4.20. The Hall–Kier alpha value is -1.78. The van der Waals surface area contributed by atoms with Crippen molar-refractivity contribution in [3.05, 3.63) is 57.5 Å². The van der Waals surface area contributed by atoms with E-state index in [2.05, 4.69) is 20.9 Å². The number of H-pyrrole nitrogens is 1. The molecular weight excluding hydrogens is 354 g/mol. The summed E-state index contributed by atoms with van der Waals surface area (Å²) in [5, 5.41) is 10.6. The van der Waals surface area contributed by atoms with E-state index in [-0.39, 0.29) is 6.42 Å². The number of para-hydroxylation sites is 1. The molecule has 1 heterocycles. The molecule has 0 radical (unpaired) electrons. The number of benzene rings is 2. The second-order valence-corrected chi connectivity index (χ2v) is 6.04. The van der Waals surface area contributed by atoms with Crippen molar-refractivity contribution in [3.8, 4) is 11.3 Å². The number of aromatic nitrogens is 1. The summed E-state index contributed by atoms with van der Waals surface area (Å²) in [5.74, 6) is -0.866. The predicted octanol–water partition coefficient (Wildman–Crippen LogP) is 4.88. The van der Waals surface area contributed by atoms with E-state index in [1.54, 1.807) is 6.07 Å². The van der Waals surface area contributed by atoms with E-state index in [1.807, 2.05) is 36.4 Å². The van der Waals surface area contributed by atoms with Crippen LogP contribution in [0.15, 0.2) is 46.9 Å². The number of carboxylic acids is 1. The standard InChI is InChI=1S/C16H11BrClNO2/c17-10-6-4-9(5-7-10)15-12(8-14(20)21)11-2-1-3-13(18)16(11)19-15/h1-7,19H,8H2,(H,20,21). The fraction of sp³-hybridized carbons (Fsp3) is 0.0625. The molecule has 3 aromatic rings. The lowest BCUT2D eigenvalue weighted by atomic mass is 10.0. The van der Waals surface area contributed by atoms with E-state index in [9.17, 15) is 9.90 Å². The Balaban J connectivity index is 2.27. The number of carbonyl (C=O) groups is 1. The van der Waals surface area contributed by atoms with Crippen LogP contribution in [0.1, 0.15) is 5.56 Å². The number of carboxylic acid groups (broad SMARTS) is 1. The topological polar surface area (TPSA) is 53.1 Å². The first-order valence-electron chi connectivity index (χ1n) is 6.33. The zero-order chi connectivity index (χ0) is 15.0. The number of hydrogen-bond acceptors (Lipinski definition) is 1. The maximum Gasteiger partial charge on any atom is 0.307 e. The third kappa shape index (κ3) is 2.69. The first kappa shape index (κ1) is 14.2. The number of hydrogen-bond donors (Lipinski definition) is 2. The minimum Gasteiger partial charge on any atom is -0.481 e. The van der Waals surface area contributed by atoms with Gasteiger partial charge in [-0.1, -0.05) is 51.8 Å². The van der Waals surface area contributed by atoms with Gasteiger partial charge in [0.05, 0.1) is 22.7 Å². The number of aliphatic carboxylic acids is 1. The number of rotatable bonds is 3. The van der Waals surface area contributed by atoms with Crippen molar-refractivity contribution in [2.75, 3.05) is 0 Å². The molecule has 0 unspecified atom stereocenters. The Morgan fingerprint density at radius 2 is 1.90 bits per heavy atom. The molecular formula is C16H11BrClNO2. The Kier molecular flexibility index (Phi) is 3.74. The molecule has 2 N–H and O–H groups in total. The minimum absolute atomic E-state index is 0.0499. The molecule has 0 atom stereocenters. The van der Waals surface area contributed by atoms with Gasteiger partial charge in [-0.25, -0.2) is 0 Å². The molecule has 0 saturated carbocycles. The van der Waals surface area contributed by atoms with Crippen LogP contribution in [0.2, 0.25) is 5.02 Å². The Morgan fingerprint density at radius 1 is 1.19 bits per heavy atom.